The Bertz CT molecular complexity index is 743. The van der Waals surface area contributed by atoms with Crippen molar-refractivity contribution in [3.63, 3.8) is 0 Å². The van der Waals surface area contributed by atoms with Gasteiger partial charge in [-0.15, -0.1) is 0 Å². The Hall–Kier alpha value is -2.03. The first kappa shape index (κ1) is 17.3. The molecule has 2 aromatic heterocycles. The number of nitrogens with zero attached hydrogens (tertiary/aromatic N) is 3. The van der Waals surface area contributed by atoms with E-state index < -0.39 is 0 Å². The monoisotopic (exact) mass is 377 g/mol. The molecule has 0 radical (unpaired) electrons. The van der Waals surface area contributed by atoms with Gasteiger partial charge in [0.2, 0.25) is 0 Å². The predicted octanol–water partition coefficient (Wildman–Crippen LogP) is 2.70. The van der Waals surface area contributed by atoms with Crippen LogP contribution in [0.15, 0.2) is 40.2 Å². The number of pyridine rings is 1. The van der Waals surface area contributed by atoms with Gasteiger partial charge in [-0.1, -0.05) is 15.9 Å². The lowest BCUT2D eigenvalue weighted by molar-refractivity contribution is 0.300. The van der Waals surface area contributed by atoms with E-state index in [-0.39, 0.29) is 0 Å². The first-order chi connectivity index (χ1) is 11.0. The predicted molar refractivity (Wildman–Crippen MR) is 97.4 cm³/mol. The van der Waals surface area contributed by atoms with E-state index in [1.54, 1.807) is 31.4 Å². The summed E-state index contributed by atoms with van der Waals surface area (Å²) in [4.78, 5) is 11.7. The molecule has 8 heteroatoms. The molecule has 2 heterocycles. The molecule has 2 rings (SSSR count). The van der Waals surface area contributed by atoms with Gasteiger partial charge in [-0.3, -0.25) is 5.01 Å². The van der Waals surface area contributed by atoms with Gasteiger partial charge < -0.3 is 10.4 Å². The normalized spacial score (nSPS) is 12.7. The summed E-state index contributed by atoms with van der Waals surface area (Å²) in [6.45, 7) is 4.19. The number of aliphatic imine (C=N–C) groups is 1. The Morgan fingerprint density at radius 2 is 2.30 bits per heavy atom. The van der Waals surface area contributed by atoms with Gasteiger partial charge in [-0.05, 0) is 31.5 Å². The molecule has 0 saturated heterocycles. The van der Waals surface area contributed by atoms with Crippen molar-refractivity contribution in [3.8, 4) is 0 Å². The van der Waals surface area contributed by atoms with Crippen molar-refractivity contribution in [3.05, 3.63) is 40.8 Å². The molecule has 0 spiro atoms. The summed E-state index contributed by atoms with van der Waals surface area (Å²) in [6.07, 6.45) is 5.36. The number of hydrogen-bond donors (Lipinski definition) is 4. The molecular formula is C15H20BrN7. The second-order valence-corrected chi connectivity index (χ2v) is 6.28. The van der Waals surface area contributed by atoms with Gasteiger partial charge in [0.1, 0.15) is 5.65 Å². The molecule has 0 unspecified atom stereocenters. The zero-order chi connectivity index (χ0) is 16.8. The van der Waals surface area contributed by atoms with Crippen LogP contribution in [0.2, 0.25) is 0 Å². The maximum Gasteiger partial charge on any atom is 0.164 e. The van der Waals surface area contributed by atoms with Crippen molar-refractivity contribution in [1.82, 2.24) is 25.9 Å². The zero-order valence-corrected chi connectivity index (χ0v) is 14.9. The number of rotatable bonds is 6. The Kier molecular flexibility index (Phi) is 6.03. The maximum absolute atomic E-state index is 7.81. The van der Waals surface area contributed by atoms with Gasteiger partial charge in [0.25, 0.3) is 0 Å². The van der Waals surface area contributed by atoms with Crippen LogP contribution >= 0.6 is 15.9 Å². The highest BCUT2D eigenvalue weighted by molar-refractivity contribution is 9.11. The standard InChI is InChI=1S/C15H20BrN7/c1-10(16)7-20-15(11(2)17)23(3)22-21-9-12-8-19-14-13(12)5-4-6-18-14/h4-8,17,21-22H,9H2,1-3H3,(H,18,19)/b10-7+,17-11?,20-15?. The summed E-state index contributed by atoms with van der Waals surface area (Å²) in [5.74, 6) is 0.525. The molecule has 122 valence electrons. The molecule has 0 aromatic carbocycles. The third-order valence-electron chi connectivity index (χ3n) is 3.08. The first-order valence-corrected chi connectivity index (χ1v) is 7.87. The van der Waals surface area contributed by atoms with Crippen LogP contribution in [0.5, 0.6) is 0 Å². The molecule has 0 atom stereocenters. The van der Waals surface area contributed by atoms with Gasteiger partial charge >= 0.3 is 0 Å². The van der Waals surface area contributed by atoms with Crippen LogP contribution in [-0.2, 0) is 6.54 Å². The highest BCUT2D eigenvalue weighted by atomic mass is 79.9. The van der Waals surface area contributed by atoms with Crippen LogP contribution in [-0.4, -0.2) is 33.6 Å². The molecule has 0 aliphatic rings. The molecule has 23 heavy (non-hydrogen) atoms. The van der Waals surface area contributed by atoms with E-state index in [2.05, 4.69) is 41.9 Å². The van der Waals surface area contributed by atoms with Crippen molar-refractivity contribution >= 4 is 38.5 Å². The van der Waals surface area contributed by atoms with E-state index in [9.17, 15) is 0 Å². The molecule has 0 saturated carbocycles. The van der Waals surface area contributed by atoms with Crippen molar-refractivity contribution < 1.29 is 0 Å². The molecule has 0 amide bonds. The van der Waals surface area contributed by atoms with Crippen LogP contribution < -0.4 is 11.0 Å². The summed E-state index contributed by atoms with van der Waals surface area (Å²) in [7, 11) is 1.80. The number of halogens is 1. The lowest BCUT2D eigenvalue weighted by Crippen LogP contribution is -2.49. The fourth-order valence-corrected chi connectivity index (χ4v) is 2.15. The number of H-pyrrole nitrogens is 1. The fraction of sp³-hybridized carbons (Fsp3) is 0.267. The van der Waals surface area contributed by atoms with Crippen LogP contribution in [0.25, 0.3) is 11.0 Å². The van der Waals surface area contributed by atoms with Crippen LogP contribution in [0.4, 0.5) is 0 Å². The number of nitrogens with one attached hydrogen (secondary N) is 4. The smallest absolute Gasteiger partial charge is 0.164 e. The Morgan fingerprint density at radius 3 is 3.00 bits per heavy atom. The second kappa shape index (κ2) is 8.00. The van der Waals surface area contributed by atoms with E-state index in [4.69, 9.17) is 5.41 Å². The van der Waals surface area contributed by atoms with E-state index in [0.29, 0.717) is 18.1 Å². The van der Waals surface area contributed by atoms with Gasteiger partial charge in [-0.2, -0.15) is 5.53 Å². The van der Waals surface area contributed by atoms with Crippen LogP contribution in [0.1, 0.15) is 19.4 Å². The average Bonchev–Trinajstić information content (AvgIpc) is 2.90. The second-order valence-electron chi connectivity index (χ2n) is 5.03. The molecule has 7 nitrogen and oxygen atoms in total. The number of allylic oxidation sites excluding steroid dienone is 1. The number of amidine groups is 1. The SMILES string of the molecule is CC(=N)C(=N/C=C(\C)Br)N(C)NNCc1c[nH]c2ncccc12. The lowest BCUT2D eigenvalue weighted by Gasteiger charge is -2.21. The minimum absolute atomic E-state index is 0.364. The number of aromatic nitrogens is 2. The summed E-state index contributed by atoms with van der Waals surface area (Å²) in [5, 5.41) is 10.6. The fourth-order valence-electron chi connectivity index (χ4n) is 2.05. The molecular weight excluding hydrogens is 358 g/mol. The Morgan fingerprint density at radius 1 is 1.52 bits per heavy atom. The minimum Gasteiger partial charge on any atom is -0.346 e. The molecule has 0 aliphatic heterocycles. The maximum atomic E-state index is 7.81. The lowest BCUT2D eigenvalue weighted by atomic mass is 10.2. The Balaban J connectivity index is 1.98. The highest BCUT2D eigenvalue weighted by Crippen LogP contribution is 2.14. The number of hydrogen-bond acceptors (Lipinski definition) is 5. The zero-order valence-electron chi connectivity index (χ0n) is 13.3. The quantitative estimate of drug-likeness (QED) is 0.353. The van der Waals surface area contributed by atoms with E-state index in [1.807, 2.05) is 25.3 Å². The topological polar surface area (TPSA) is 92.2 Å². The van der Waals surface area contributed by atoms with Gasteiger partial charge in [0.15, 0.2) is 5.84 Å². The molecule has 0 bridgehead atoms. The highest BCUT2D eigenvalue weighted by Gasteiger charge is 2.08. The average molecular weight is 378 g/mol. The number of fused-ring (bicyclic) bond motifs is 1. The number of hydrazine groups is 2. The van der Waals surface area contributed by atoms with E-state index >= 15 is 0 Å². The van der Waals surface area contributed by atoms with Crippen molar-refractivity contribution in [2.45, 2.75) is 20.4 Å². The molecule has 0 aliphatic carbocycles. The van der Waals surface area contributed by atoms with Crippen LogP contribution in [0.3, 0.4) is 0 Å². The third-order valence-corrected chi connectivity index (χ3v) is 3.28. The van der Waals surface area contributed by atoms with Crippen molar-refractivity contribution in [2.24, 2.45) is 4.99 Å². The first-order valence-electron chi connectivity index (χ1n) is 7.08. The largest absolute Gasteiger partial charge is 0.346 e. The summed E-state index contributed by atoms with van der Waals surface area (Å²) in [6, 6.07) is 3.94. The minimum atomic E-state index is 0.364. The summed E-state index contributed by atoms with van der Waals surface area (Å²) in [5.41, 5.74) is 8.48. The van der Waals surface area contributed by atoms with Crippen molar-refractivity contribution in [2.75, 3.05) is 7.05 Å². The van der Waals surface area contributed by atoms with Crippen LogP contribution in [0, 0.1) is 5.41 Å². The van der Waals surface area contributed by atoms with Gasteiger partial charge in [0, 0.05) is 42.1 Å². The third kappa shape index (κ3) is 4.72. The van der Waals surface area contributed by atoms with Gasteiger partial charge in [0.05, 0.1) is 5.71 Å². The molecule has 0 fully saturated rings. The van der Waals surface area contributed by atoms with Crippen molar-refractivity contribution in [1.29, 1.82) is 5.41 Å². The summed E-state index contributed by atoms with van der Waals surface area (Å²) < 4.78 is 0.893. The van der Waals surface area contributed by atoms with Gasteiger partial charge in [-0.25, -0.2) is 15.4 Å². The summed E-state index contributed by atoms with van der Waals surface area (Å²) >= 11 is 3.32. The molecule has 4 N–H and O–H groups in total. The molecule has 2 aromatic rings. The number of aromatic amines is 1. The van der Waals surface area contributed by atoms with E-state index in [0.717, 1.165) is 21.1 Å². The Labute approximate surface area is 143 Å². The van der Waals surface area contributed by atoms with E-state index in [1.165, 1.54) is 0 Å².